The summed E-state index contributed by atoms with van der Waals surface area (Å²) in [5, 5.41) is 14.2. The lowest BCUT2D eigenvalue weighted by atomic mass is 10.1. The van der Waals surface area contributed by atoms with Gasteiger partial charge < -0.3 is 5.32 Å². The van der Waals surface area contributed by atoms with E-state index in [1.165, 1.54) is 0 Å². The lowest BCUT2D eigenvalue weighted by molar-refractivity contribution is -0.386. The van der Waals surface area contributed by atoms with Gasteiger partial charge >= 0.3 is 0 Å². The Hall–Kier alpha value is -1.49. The number of nitrogens with one attached hydrogen (secondary N) is 1. The second-order valence-corrected chi connectivity index (χ2v) is 5.22. The van der Waals surface area contributed by atoms with Crippen molar-refractivity contribution in [3.8, 4) is 0 Å². The summed E-state index contributed by atoms with van der Waals surface area (Å²) in [6, 6.07) is 0. The third-order valence-corrected chi connectivity index (χ3v) is 2.54. The van der Waals surface area contributed by atoms with Crippen molar-refractivity contribution in [1.82, 2.24) is 10.3 Å². The van der Waals surface area contributed by atoms with Crippen molar-refractivity contribution in [1.29, 1.82) is 0 Å². The number of hydrogen-bond acceptors (Lipinski definition) is 4. The van der Waals surface area contributed by atoms with Crippen molar-refractivity contribution < 1.29 is 4.92 Å². The predicted molar refractivity (Wildman–Crippen MR) is 67.0 cm³/mol. The molecular formula is C12H19N3O2. The summed E-state index contributed by atoms with van der Waals surface area (Å²) >= 11 is 0. The Morgan fingerprint density at radius 2 is 2.00 bits per heavy atom. The normalized spacial score (nSPS) is 11.6. The van der Waals surface area contributed by atoms with E-state index in [1.807, 2.05) is 20.8 Å². The fourth-order valence-electron chi connectivity index (χ4n) is 1.57. The van der Waals surface area contributed by atoms with E-state index >= 15 is 0 Å². The Morgan fingerprint density at radius 3 is 2.47 bits per heavy atom. The average Bonchev–Trinajstić information content (AvgIpc) is 2.14. The second kappa shape index (κ2) is 4.79. The molecule has 1 aromatic heterocycles. The Kier molecular flexibility index (Phi) is 3.83. The highest BCUT2D eigenvalue weighted by atomic mass is 16.6. The molecule has 0 atom stereocenters. The van der Waals surface area contributed by atoms with E-state index < -0.39 is 0 Å². The van der Waals surface area contributed by atoms with Crippen molar-refractivity contribution in [2.24, 2.45) is 0 Å². The summed E-state index contributed by atoms with van der Waals surface area (Å²) in [6.45, 7) is 10.1. The van der Waals surface area contributed by atoms with Crippen molar-refractivity contribution in [2.45, 2.75) is 46.7 Å². The molecule has 0 saturated heterocycles. The van der Waals surface area contributed by atoms with Crippen LogP contribution in [0.5, 0.6) is 0 Å². The van der Waals surface area contributed by atoms with Crippen LogP contribution in [-0.4, -0.2) is 15.4 Å². The highest BCUT2D eigenvalue weighted by Gasteiger charge is 2.19. The molecule has 5 heteroatoms. The van der Waals surface area contributed by atoms with Crippen LogP contribution in [0, 0.1) is 24.0 Å². The van der Waals surface area contributed by atoms with Crippen LogP contribution in [0.25, 0.3) is 0 Å². The van der Waals surface area contributed by atoms with E-state index in [0.29, 0.717) is 17.7 Å². The summed E-state index contributed by atoms with van der Waals surface area (Å²) in [4.78, 5) is 14.9. The van der Waals surface area contributed by atoms with Gasteiger partial charge in [0.15, 0.2) is 0 Å². The van der Waals surface area contributed by atoms with Gasteiger partial charge in [0.25, 0.3) is 5.69 Å². The van der Waals surface area contributed by atoms with Gasteiger partial charge in [0.05, 0.1) is 10.6 Å². The molecule has 5 nitrogen and oxygen atoms in total. The largest absolute Gasteiger partial charge is 0.306 e. The van der Waals surface area contributed by atoms with Crippen LogP contribution in [0.4, 0.5) is 5.69 Å². The third kappa shape index (κ3) is 3.49. The van der Waals surface area contributed by atoms with Gasteiger partial charge in [-0.25, -0.2) is 0 Å². The Labute approximate surface area is 101 Å². The van der Waals surface area contributed by atoms with E-state index in [-0.39, 0.29) is 16.1 Å². The lowest BCUT2D eigenvalue weighted by Crippen LogP contribution is -2.35. The number of nitro groups is 1. The van der Waals surface area contributed by atoms with Crippen LogP contribution in [-0.2, 0) is 6.54 Å². The number of aromatic nitrogens is 1. The predicted octanol–water partition coefficient (Wildman–Crippen LogP) is 2.49. The minimum Gasteiger partial charge on any atom is -0.306 e. The molecule has 94 valence electrons. The summed E-state index contributed by atoms with van der Waals surface area (Å²) in [7, 11) is 0. The minimum atomic E-state index is -0.340. The van der Waals surface area contributed by atoms with Crippen molar-refractivity contribution >= 4 is 5.69 Å². The molecule has 0 fully saturated rings. The molecule has 1 N–H and O–H groups in total. The van der Waals surface area contributed by atoms with Gasteiger partial charge in [0.1, 0.15) is 0 Å². The number of rotatable bonds is 3. The highest BCUT2D eigenvalue weighted by molar-refractivity contribution is 5.47. The quantitative estimate of drug-likeness (QED) is 0.647. The number of nitrogens with zero attached hydrogens (tertiary/aromatic N) is 2. The molecule has 17 heavy (non-hydrogen) atoms. The second-order valence-electron chi connectivity index (χ2n) is 5.22. The van der Waals surface area contributed by atoms with Gasteiger partial charge in [-0.2, -0.15) is 0 Å². The first kappa shape index (κ1) is 13.6. The van der Waals surface area contributed by atoms with Gasteiger partial charge in [-0.3, -0.25) is 15.1 Å². The maximum atomic E-state index is 11.0. The average molecular weight is 237 g/mol. The van der Waals surface area contributed by atoms with Crippen molar-refractivity contribution in [2.75, 3.05) is 0 Å². The van der Waals surface area contributed by atoms with Crippen molar-refractivity contribution in [3.63, 3.8) is 0 Å². The van der Waals surface area contributed by atoms with E-state index in [9.17, 15) is 10.1 Å². The Balaban J connectivity index is 3.03. The van der Waals surface area contributed by atoms with E-state index in [4.69, 9.17) is 0 Å². The molecule has 0 spiro atoms. The minimum absolute atomic E-state index is 0.0339. The first-order valence-electron chi connectivity index (χ1n) is 5.57. The zero-order valence-corrected chi connectivity index (χ0v) is 11.0. The zero-order valence-electron chi connectivity index (χ0n) is 11.0. The molecule has 0 aliphatic carbocycles. The SMILES string of the molecule is Cc1cnc(CNC(C)(C)C)c(C)c1[N+](=O)[O-]. The van der Waals surface area contributed by atoms with Gasteiger partial charge in [0.2, 0.25) is 0 Å². The number of pyridine rings is 1. The van der Waals surface area contributed by atoms with Crippen LogP contribution >= 0.6 is 0 Å². The molecule has 0 unspecified atom stereocenters. The maximum absolute atomic E-state index is 11.0. The first-order valence-corrected chi connectivity index (χ1v) is 5.57. The van der Waals surface area contributed by atoms with E-state index in [0.717, 1.165) is 5.69 Å². The first-order chi connectivity index (χ1) is 7.72. The molecule has 0 aliphatic rings. The standard InChI is InChI=1S/C12H19N3O2/c1-8-6-13-10(7-14-12(3,4)5)9(2)11(8)15(16)17/h6,14H,7H2,1-5H3. The summed E-state index contributed by atoms with van der Waals surface area (Å²) in [6.07, 6.45) is 1.56. The monoisotopic (exact) mass is 237 g/mol. The van der Waals surface area contributed by atoms with Gasteiger partial charge in [-0.05, 0) is 34.6 Å². The van der Waals surface area contributed by atoms with Crippen LogP contribution in [0.15, 0.2) is 6.20 Å². The van der Waals surface area contributed by atoms with Crippen LogP contribution in [0.2, 0.25) is 0 Å². The summed E-state index contributed by atoms with van der Waals surface area (Å²) < 4.78 is 0. The van der Waals surface area contributed by atoms with E-state index in [1.54, 1.807) is 20.0 Å². The lowest BCUT2D eigenvalue weighted by Gasteiger charge is -2.20. The fraction of sp³-hybridized carbons (Fsp3) is 0.583. The van der Waals surface area contributed by atoms with E-state index in [2.05, 4.69) is 10.3 Å². The van der Waals surface area contributed by atoms with Gasteiger partial charge in [0, 0.05) is 29.4 Å². The molecule has 1 rings (SSSR count). The molecule has 0 radical (unpaired) electrons. The van der Waals surface area contributed by atoms with Gasteiger partial charge in [-0.15, -0.1) is 0 Å². The molecule has 0 aromatic carbocycles. The molecule has 0 aliphatic heterocycles. The number of hydrogen-bond donors (Lipinski definition) is 1. The fourth-order valence-corrected chi connectivity index (χ4v) is 1.57. The molecule has 0 bridgehead atoms. The molecular weight excluding hydrogens is 218 g/mol. The van der Waals surface area contributed by atoms with Crippen LogP contribution in [0.3, 0.4) is 0 Å². The molecule has 0 amide bonds. The zero-order chi connectivity index (χ0) is 13.2. The van der Waals surface area contributed by atoms with Crippen LogP contribution < -0.4 is 5.32 Å². The van der Waals surface area contributed by atoms with Crippen LogP contribution in [0.1, 0.15) is 37.6 Å². The summed E-state index contributed by atoms with van der Waals surface area (Å²) in [5.41, 5.74) is 2.12. The molecule has 0 saturated carbocycles. The maximum Gasteiger partial charge on any atom is 0.278 e. The van der Waals surface area contributed by atoms with Crippen molar-refractivity contribution in [3.05, 3.63) is 33.1 Å². The topological polar surface area (TPSA) is 68.1 Å². The third-order valence-electron chi connectivity index (χ3n) is 2.54. The Bertz CT molecular complexity index is 436. The summed E-state index contributed by atoms with van der Waals surface area (Å²) in [5.74, 6) is 0. The number of aryl methyl sites for hydroxylation is 1. The highest BCUT2D eigenvalue weighted by Crippen LogP contribution is 2.24. The smallest absolute Gasteiger partial charge is 0.278 e. The molecule has 1 heterocycles. The Morgan fingerprint density at radius 1 is 1.41 bits per heavy atom. The molecule has 1 aromatic rings. The van der Waals surface area contributed by atoms with Gasteiger partial charge in [-0.1, -0.05) is 0 Å².